The number of nitrogens with zero attached hydrogens (tertiary/aromatic N) is 2. The maximum atomic E-state index is 12.2. The van der Waals surface area contributed by atoms with E-state index in [1.54, 1.807) is 4.90 Å². The van der Waals surface area contributed by atoms with Crippen LogP contribution in [0.1, 0.15) is 30.7 Å². The molecule has 0 spiro atoms. The summed E-state index contributed by atoms with van der Waals surface area (Å²) in [6, 6.07) is -0.143. The Labute approximate surface area is 117 Å². The summed E-state index contributed by atoms with van der Waals surface area (Å²) in [6.45, 7) is 4.98. The SMILES string of the molecule is Cc1n[nH]c(C)c1NC(=O)N1CCC(CCC(=O)O)C1. The number of aromatic amines is 1. The van der Waals surface area contributed by atoms with E-state index < -0.39 is 5.97 Å². The van der Waals surface area contributed by atoms with Gasteiger partial charge >= 0.3 is 12.0 Å². The van der Waals surface area contributed by atoms with E-state index in [1.165, 1.54) is 0 Å². The number of hydrogen-bond acceptors (Lipinski definition) is 3. The normalized spacial score (nSPS) is 18.3. The third kappa shape index (κ3) is 3.28. The lowest BCUT2D eigenvalue weighted by atomic mass is 10.0. The van der Waals surface area contributed by atoms with E-state index in [-0.39, 0.29) is 18.4 Å². The maximum absolute atomic E-state index is 12.2. The minimum absolute atomic E-state index is 0.143. The minimum Gasteiger partial charge on any atom is -0.481 e. The third-order valence-electron chi connectivity index (χ3n) is 3.70. The lowest BCUT2D eigenvalue weighted by molar-refractivity contribution is -0.137. The van der Waals surface area contributed by atoms with Gasteiger partial charge < -0.3 is 15.3 Å². The Hall–Kier alpha value is -2.05. The largest absolute Gasteiger partial charge is 0.481 e. The molecular weight excluding hydrogens is 260 g/mol. The first kappa shape index (κ1) is 14.4. The number of carboxylic acids is 1. The molecule has 7 heteroatoms. The molecule has 1 unspecified atom stereocenters. The van der Waals surface area contributed by atoms with Crippen LogP contribution in [0.2, 0.25) is 0 Å². The standard InChI is InChI=1S/C13H20N4O3/c1-8-12(9(2)16-15-8)14-13(20)17-6-5-10(7-17)3-4-11(18)19/h10H,3-7H2,1-2H3,(H,14,20)(H,15,16)(H,18,19). The van der Waals surface area contributed by atoms with Gasteiger partial charge in [0.05, 0.1) is 17.1 Å². The van der Waals surface area contributed by atoms with Crippen molar-refractivity contribution < 1.29 is 14.7 Å². The molecule has 1 saturated heterocycles. The molecule has 1 atom stereocenters. The van der Waals surface area contributed by atoms with Gasteiger partial charge in [0, 0.05) is 19.5 Å². The average Bonchev–Trinajstić information content (AvgIpc) is 2.98. The van der Waals surface area contributed by atoms with Gasteiger partial charge in [0.25, 0.3) is 0 Å². The topological polar surface area (TPSA) is 98.3 Å². The van der Waals surface area contributed by atoms with Gasteiger partial charge in [-0.1, -0.05) is 0 Å². The molecule has 2 amide bonds. The molecule has 7 nitrogen and oxygen atoms in total. The van der Waals surface area contributed by atoms with Crippen molar-refractivity contribution in [2.45, 2.75) is 33.1 Å². The Morgan fingerprint density at radius 3 is 2.85 bits per heavy atom. The number of aryl methyl sites for hydroxylation is 2. The van der Waals surface area contributed by atoms with Gasteiger partial charge in [0.2, 0.25) is 0 Å². The molecule has 0 radical (unpaired) electrons. The Bertz CT molecular complexity index is 492. The first-order valence-corrected chi connectivity index (χ1v) is 6.76. The van der Waals surface area contributed by atoms with Crippen LogP contribution in [0.5, 0.6) is 0 Å². The van der Waals surface area contributed by atoms with E-state index in [4.69, 9.17) is 5.11 Å². The second-order valence-electron chi connectivity index (χ2n) is 5.27. The molecule has 1 aromatic heterocycles. The average molecular weight is 280 g/mol. The summed E-state index contributed by atoms with van der Waals surface area (Å²) in [5.41, 5.74) is 2.32. The van der Waals surface area contributed by atoms with Crippen LogP contribution in [0.25, 0.3) is 0 Å². The van der Waals surface area contributed by atoms with Crippen molar-refractivity contribution in [1.29, 1.82) is 0 Å². The predicted molar refractivity (Wildman–Crippen MR) is 73.6 cm³/mol. The zero-order valence-electron chi connectivity index (χ0n) is 11.8. The fraction of sp³-hybridized carbons (Fsp3) is 0.615. The van der Waals surface area contributed by atoms with Gasteiger partial charge in [-0.05, 0) is 32.6 Å². The Morgan fingerprint density at radius 1 is 1.50 bits per heavy atom. The smallest absolute Gasteiger partial charge is 0.321 e. The first-order valence-electron chi connectivity index (χ1n) is 6.76. The third-order valence-corrected chi connectivity index (χ3v) is 3.70. The van der Waals surface area contributed by atoms with Gasteiger partial charge in [0.1, 0.15) is 0 Å². The van der Waals surface area contributed by atoms with Crippen molar-refractivity contribution >= 4 is 17.7 Å². The summed E-state index contributed by atoms with van der Waals surface area (Å²) in [7, 11) is 0. The number of aromatic nitrogens is 2. The summed E-state index contributed by atoms with van der Waals surface area (Å²) in [5.74, 6) is -0.499. The van der Waals surface area contributed by atoms with Crippen molar-refractivity contribution in [3.8, 4) is 0 Å². The van der Waals surface area contributed by atoms with Crippen molar-refractivity contribution in [2.75, 3.05) is 18.4 Å². The first-order chi connectivity index (χ1) is 9.47. The number of carbonyl (C=O) groups is 2. The molecule has 0 bridgehead atoms. The fourth-order valence-corrected chi connectivity index (χ4v) is 2.50. The second kappa shape index (κ2) is 5.94. The van der Waals surface area contributed by atoms with Gasteiger partial charge in [-0.2, -0.15) is 5.10 Å². The molecule has 20 heavy (non-hydrogen) atoms. The van der Waals surface area contributed by atoms with Crippen LogP contribution in [-0.2, 0) is 4.79 Å². The molecule has 3 N–H and O–H groups in total. The molecule has 110 valence electrons. The number of rotatable bonds is 4. The maximum Gasteiger partial charge on any atom is 0.321 e. The van der Waals surface area contributed by atoms with Crippen LogP contribution in [0, 0.1) is 19.8 Å². The van der Waals surface area contributed by atoms with E-state index in [2.05, 4.69) is 15.5 Å². The van der Waals surface area contributed by atoms with Crippen LogP contribution >= 0.6 is 0 Å². The number of urea groups is 1. The summed E-state index contributed by atoms with van der Waals surface area (Å²) in [4.78, 5) is 24.4. The van der Waals surface area contributed by atoms with E-state index in [1.807, 2.05) is 13.8 Å². The quantitative estimate of drug-likeness (QED) is 0.782. The predicted octanol–water partition coefficient (Wildman–Crippen LogP) is 1.75. The highest BCUT2D eigenvalue weighted by Gasteiger charge is 2.27. The van der Waals surface area contributed by atoms with Gasteiger partial charge in [0.15, 0.2) is 0 Å². The number of aliphatic carboxylic acids is 1. The van der Waals surface area contributed by atoms with E-state index in [9.17, 15) is 9.59 Å². The van der Waals surface area contributed by atoms with Crippen molar-refractivity contribution in [1.82, 2.24) is 15.1 Å². The number of anilines is 1. The molecule has 2 rings (SSSR count). The minimum atomic E-state index is -0.780. The number of nitrogens with one attached hydrogen (secondary N) is 2. The Morgan fingerprint density at radius 2 is 2.25 bits per heavy atom. The number of carbonyl (C=O) groups excluding carboxylic acids is 1. The molecule has 1 aromatic rings. The van der Waals surface area contributed by atoms with Crippen molar-refractivity contribution in [3.63, 3.8) is 0 Å². The highest BCUT2D eigenvalue weighted by atomic mass is 16.4. The van der Waals surface area contributed by atoms with Crippen molar-refractivity contribution in [3.05, 3.63) is 11.4 Å². The number of H-pyrrole nitrogens is 1. The Balaban J connectivity index is 1.87. The summed E-state index contributed by atoms with van der Waals surface area (Å²) in [5, 5.41) is 18.4. The molecule has 0 saturated carbocycles. The zero-order chi connectivity index (χ0) is 14.7. The van der Waals surface area contributed by atoms with Crippen LogP contribution < -0.4 is 5.32 Å². The molecule has 1 aliphatic rings. The van der Waals surface area contributed by atoms with Crippen LogP contribution in [0.15, 0.2) is 0 Å². The highest BCUT2D eigenvalue weighted by molar-refractivity contribution is 5.90. The molecule has 2 heterocycles. The van der Waals surface area contributed by atoms with Crippen LogP contribution in [-0.4, -0.2) is 45.3 Å². The molecule has 0 aliphatic carbocycles. The lowest BCUT2D eigenvalue weighted by Crippen LogP contribution is -2.33. The van der Waals surface area contributed by atoms with E-state index in [0.717, 1.165) is 23.5 Å². The molecular formula is C13H20N4O3. The summed E-state index contributed by atoms with van der Waals surface area (Å²) in [6.07, 6.45) is 1.66. The monoisotopic (exact) mass is 280 g/mol. The summed E-state index contributed by atoms with van der Waals surface area (Å²) < 4.78 is 0. The van der Waals surface area contributed by atoms with E-state index >= 15 is 0 Å². The van der Waals surface area contributed by atoms with Gasteiger partial charge in [-0.3, -0.25) is 9.89 Å². The number of hydrogen-bond donors (Lipinski definition) is 3. The Kier molecular flexibility index (Phi) is 4.26. The van der Waals surface area contributed by atoms with Gasteiger partial charge in [-0.15, -0.1) is 0 Å². The molecule has 1 fully saturated rings. The number of likely N-dealkylation sites (tertiary alicyclic amines) is 1. The second-order valence-corrected chi connectivity index (χ2v) is 5.27. The van der Waals surface area contributed by atoms with Crippen LogP contribution in [0.4, 0.5) is 10.5 Å². The van der Waals surface area contributed by atoms with Crippen molar-refractivity contribution in [2.24, 2.45) is 5.92 Å². The highest BCUT2D eigenvalue weighted by Crippen LogP contribution is 2.23. The van der Waals surface area contributed by atoms with Gasteiger partial charge in [-0.25, -0.2) is 4.79 Å². The number of amides is 2. The molecule has 0 aromatic carbocycles. The lowest BCUT2D eigenvalue weighted by Gasteiger charge is -2.17. The molecule has 1 aliphatic heterocycles. The summed E-state index contributed by atoms with van der Waals surface area (Å²) >= 11 is 0. The number of carboxylic acid groups (broad SMARTS) is 1. The van der Waals surface area contributed by atoms with Crippen LogP contribution in [0.3, 0.4) is 0 Å². The fourth-order valence-electron chi connectivity index (χ4n) is 2.50. The zero-order valence-corrected chi connectivity index (χ0v) is 11.8. The van der Waals surface area contributed by atoms with E-state index in [0.29, 0.717) is 19.5 Å².